The minimum atomic E-state index is -0.346. The van der Waals surface area contributed by atoms with Crippen LogP contribution >= 0.6 is 34.3 Å². The lowest BCUT2D eigenvalue weighted by Crippen LogP contribution is -2.14. The van der Waals surface area contributed by atoms with Crippen molar-refractivity contribution in [3.05, 3.63) is 81.6 Å². The van der Waals surface area contributed by atoms with Gasteiger partial charge < -0.3 is 5.32 Å². The van der Waals surface area contributed by atoms with Gasteiger partial charge in [-0.05, 0) is 36.8 Å². The predicted octanol–water partition coefficient (Wildman–Crippen LogP) is 5.80. The van der Waals surface area contributed by atoms with Gasteiger partial charge >= 0.3 is 0 Å². The highest BCUT2D eigenvalue weighted by molar-refractivity contribution is 7.20. The van der Waals surface area contributed by atoms with E-state index in [-0.39, 0.29) is 24.1 Å². The molecule has 6 nitrogen and oxygen atoms in total. The molecule has 2 N–H and O–H groups in total. The number of aromatic nitrogens is 2. The fraction of sp³-hybridized carbons (Fsp3) is 0.0909. The van der Waals surface area contributed by atoms with E-state index in [4.69, 9.17) is 11.6 Å². The average Bonchev–Trinajstić information content (AvgIpc) is 3.36. The first kappa shape index (κ1) is 22.1. The van der Waals surface area contributed by atoms with E-state index in [0.717, 1.165) is 4.88 Å². The summed E-state index contributed by atoms with van der Waals surface area (Å²) in [5, 5.41) is 8.57. The summed E-state index contributed by atoms with van der Waals surface area (Å²) in [6, 6.07) is 12.6. The van der Waals surface area contributed by atoms with Crippen LogP contribution in [0.2, 0.25) is 5.02 Å². The van der Waals surface area contributed by atoms with E-state index >= 15 is 0 Å². The van der Waals surface area contributed by atoms with Crippen molar-refractivity contribution in [1.82, 2.24) is 9.97 Å². The molecule has 0 unspecified atom stereocenters. The highest BCUT2D eigenvalue weighted by Crippen LogP contribution is 2.35. The van der Waals surface area contributed by atoms with Gasteiger partial charge in [0.2, 0.25) is 5.91 Å². The van der Waals surface area contributed by atoms with E-state index in [0.29, 0.717) is 37.8 Å². The molecule has 0 saturated carbocycles. The molecule has 0 atom stereocenters. The molecule has 4 aromatic rings. The third-order valence-electron chi connectivity index (χ3n) is 4.40. The number of amides is 2. The van der Waals surface area contributed by atoms with Crippen LogP contribution in [0, 0.1) is 12.7 Å². The van der Waals surface area contributed by atoms with Gasteiger partial charge in [0.1, 0.15) is 5.82 Å². The van der Waals surface area contributed by atoms with Crippen molar-refractivity contribution < 1.29 is 14.0 Å². The van der Waals surface area contributed by atoms with Crippen LogP contribution in [0.5, 0.6) is 0 Å². The van der Waals surface area contributed by atoms with E-state index < -0.39 is 0 Å². The summed E-state index contributed by atoms with van der Waals surface area (Å²) >= 11 is 8.66. The number of halogens is 2. The second kappa shape index (κ2) is 9.56. The summed E-state index contributed by atoms with van der Waals surface area (Å²) in [7, 11) is 0. The maximum atomic E-state index is 13.0. The number of nitrogens with one attached hydrogen (secondary N) is 2. The van der Waals surface area contributed by atoms with Crippen LogP contribution in [0.15, 0.2) is 53.9 Å². The Hall–Kier alpha value is -3.14. The smallest absolute Gasteiger partial charge is 0.258 e. The molecule has 32 heavy (non-hydrogen) atoms. The molecule has 0 spiro atoms. The fourth-order valence-electron chi connectivity index (χ4n) is 2.88. The zero-order valence-corrected chi connectivity index (χ0v) is 19.1. The Morgan fingerprint density at radius 2 is 1.78 bits per heavy atom. The van der Waals surface area contributed by atoms with Crippen LogP contribution in [0.1, 0.15) is 21.6 Å². The molecule has 2 amide bonds. The van der Waals surface area contributed by atoms with Crippen molar-refractivity contribution in [3.8, 4) is 10.6 Å². The first-order valence-electron chi connectivity index (χ1n) is 9.42. The number of hydrogen-bond acceptors (Lipinski definition) is 6. The lowest BCUT2D eigenvalue weighted by Gasteiger charge is -2.03. The third-order valence-corrected chi connectivity index (χ3v) is 6.58. The number of benzene rings is 2. The molecule has 0 aliphatic rings. The summed E-state index contributed by atoms with van der Waals surface area (Å²) in [5.74, 6) is -0.935. The summed E-state index contributed by atoms with van der Waals surface area (Å²) < 4.78 is 13.0. The molecular formula is C22H16ClFN4O2S2. The molecule has 4 rings (SSSR count). The SMILES string of the molecule is Cc1nc(NC(=O)c2ccccc2Cl)sc1-c1csc(NC(=O)Cc2ccc(F)cc2)n1. The summed E-state index contributed by atoms with van der Waals surface area (Å²) in [5.41, 5.74) is 2.43. The molecule has 2 aromatic heterocycles. The van der Waals surface area contributed by atoms with Crippen molar-refractivity contribution in [3.63, 3.8) is 0 Å². The molecule has 0 radical (unpaired) electrons. The van der Waals surface area contributed by atoms with Gasteiger partial charge in [0.05, 0.1) is 33.3 Å². The molecule has 2 aromatic carbocycles. The van der Waals surface area contributed by atoms with Gasteiger partial charge in [0.25, 0.3) is 5.91 Å². The van der Waals surface area contributed by atoms with Crippen molar-refractivity contribution >= 4 is 56.4 Å². The Morgan fingerprint density at radius 1 is 1.03 bits per heavy atom. The minimum absolute atomic E-state index is 0.118. The number of anilines is 2. The van der Waals surface area contributed by atoms with Crippen molar-refractivity contribution in [2.75, 3.05) is 10.6 Å². The lowest BCUT2D eigenvalue weighted by atomic mass is 10.1. The largest absolute Gasteiger partial charge is 0.302 e. The Bertz CT molecular complexity index is 1290. The minimum Gasteiger partial charge on any atom is -0.302 e. The average molecular weight is 487 g/mol. The van der Waals surface area contributed by atoms with Gasteiger partial charge in [-0.3, -0.25) is 14.9 Å². The summed E-state index contributed by atoms with van der Waals surface area (Å²) in [4.78, 5) is 34.4. The zero-order chi connectivity index (χ0) is 22.7. The van der Waals surface area contributed by atoms with Crippen LogP contribution in [0.3, 0.4) is 0 Å². The maximum Gasteiger partial charge on any atom is 0.258 e. The third kappa shape index (κ3) is 5.18. The van der Waals surface area contributed by atoms with E-state index in [2.05, 4.69) is 20.6 Å². The van der Waals surface area contributed by atoms with Crippen LogP contribution in [-0.4, -0.2) is 21.8 Å². The van der Waals surface area contributed by atoms with Gasteiger partial charge in [-0.15, -0.1) is 11.3 Å². The first-order valence-corrected chi connectivity index (χ1v) is 11.5. The lowest BCUT2D eigenvalue weighted by molar-refractivity contribution is -0.115. The monoisotopic (exact) mass is 486 g/mol. The van der Waals surface area contributed by atoms with Crippen LogP contribution in [0.25, 0.3) is 10.6 Å². The Balaban J connectivity index is 1.43. The number of rotatable bonds is 6. The predicted molar refractivity (Wildman–Crippen MR) is 126 cm³/mol. The van der Waals surface area contributed by atoms with Crippen molar-refractivity contribution in [2.24, 2.45) is 0 Å². The Morgan fingerprint density at radius 3 is 2.53 bits per heavy atom. The molecule has 0 aliphatic heterocycles. The normalized spacial score (nSPS) is 10.7. The van der Waals surface area contributed by atoms with Gasteiger partial charge in [-0.25, -0.2) is 14.4 Å². The fourth-order valence-corrected chi connectivity index (χ4v) is 4.82. The zero-order valence-electron chi connectivity index (χ0n) is 16.7. The van der Waals surface area contributed by atoms with Crippen LogP contribution < -0.4 is 10.6 Å². The molecule has 0 aliphatic carbocycles. The number of carbonyl (C=O) groups is 2. The molecule has 2 heterocycles. The molecular weight excluding hydrogens is 471 g/mol. The molecule has 162 valence electrons. The van der Waals surface area contributed by atoms with E-state index in [9.17, 15) is 14.0 Å². The Kier molecular flexibility index (Phi) is 6.59. The van der Waals surface area contributed by atoms with E-state index in [1.807, 2.05) is 12.3 Å². The molecule has 0 fully saturated rings. The number of carbonyl (C=O) groups excluding carboxylic acids is 2. The standard InChI is InChI=1S/C22H16ClFN4O2S2/c1-12-19(32-22(25-12)28-20(30)15-4-2-3-5-16(15)23)17-11-31-21(26-17)27-18(29)10-13-6-8-14(24)9-7-13/h2-9,11H,10H2,1H3,(H,25,28,30)(H,26,27,29). The first-order chi connectivity index (χ1) is 15.4. The van der Waals surface area contributed by atoms with Gasteiger partial charge in [-0.1, -0.05) is 47.2 Å². The Labute approximate surface area is 196 Å². The van der Waals surface area contributed by atoms with Gasteiger partial charge in [0, 0.05) is 5.38 Å². The maximum absolute atomic E-state index is 13.0. The van der Waals surface area contributed by atoms with Gasteiger partial charge in [-0.2, -0.15) is 0 Å². The molecule has 10 heteroatoms. The number of nitrogens with zero attached hydrogens (tertiary/aromatic N) is 2. The topological polar surface area (TPSA) is 84.0 Å². The number of thiazole rings is 2. The van der Waals surface area contributed by atoms with Crippen molar-refractivity contribution in [2.45, 2.75) is 13.3 Å². The van der Waals surface area contributed by atoms with Crippen LogP contribution in [-0.2, 0) is 11.2 Å². The summed E-state index contributed by atoms with van der Waals surface area (Å²) in [6.07, 6.45) is 0.118. The van der Waals surface area contributed by atoms with E-state index in [1.54, 1.807) is 36.4 Å². The highest BCUT2D eigenvalue weighted by atomic mass is 35.5. The highest BCUT2D eigenvalue weighted by Gasteiger charge is 2.17. The van der Waals surface area contributed by atoms with Gasteiger partial charge in [0.15, 0.2) is 10.3 Å². The molecule has 0 saturated heterocycles. The van der Waals surface area contributed by atoms with Crippen molar-refractivity contribution in [1.29, 1.82) is 0 Å². The molecule has 0 bridgehead atoms. The second-order valence-corrected chi connectivity index (χ2v) is 9.02. The quantitative estimate of drug-likeness (QED) is 0.360. The number of hydrogen-bond donors (Lipinski definition) is 2. The van der Waals surface area contributed by atoms with E-state index in [1.165, 1.54) is 34.8 Å². The summed E-state index contributed by atoms with van der Waals surface area (Å²) in [6.45, 7) is 1.82. The second-order valence-electron chi connectivity index (χ2n) is 6.76. The van der Waals surface area contributed by atoms with Crippen LogP contribution in [0.4, 0.5) is 14.7 Å². The number of aryl methyl sites for hydroxylation is 1.